The van der Waals surface area contributed by atoms with Crippen LogP contribution in [-0.2, 0) is 26.2 Å². The number of methoxy groups -OCH3 is 3. The number of nitrogens with one attached hydrogen (secondary N) is 1. The van der Waals surface area contributed by atoms with Gasteiger partial charge in [-0.3, -0.25) is 13.9 Å². The molecular formula is C35H45N3O8S. The first-order valence-electron chi connectivity index (χ1n) is 15.8. The maximum Gasteiger partial charge on any atom is 0.264 e. The summed E-state index contributed by atoms with van der Waals surface area (Å²) in [5, 5.41) is 3.12. The Labute approximate surface area is 277 Å². The van der Waals surface area contributed by atoms with E-state index >= 15 is 0 Å². The highest BCUT2D eigenvalue weighted by Crippen LogP contribution is 2.33. The summed E-state index contributed by atoms with van der Waals surface area (Å²) in [4.78, 5) is 29.2. The molecule has 0 saturated heterocycles. The Morgan fingerprint density at radius 3 is 2.21 bits per heavy atom. The third-order valence-corrected chi connectivity index (χ3v) is 10.0. The van der Waals surface area contributed by atoms with Crippen molar-refractivity contribution >= 4 is 27.5 Å². The van der Waals surface area contributed by atoms with Gasteiger partial charge in [0.25, 0.3) is 10.0 Å². The van der Waals surface area contributed by atoms with Crippen LogP contribution in [-0.4, -0.2) is 71.7 Å². The van der Waals surface area contributed by atoms with Gasteiger partial charge in [0.05, 0.1) is 38.5 Å². The third kappa shape index (κ3) is 8.88. The summed E-state index contributed by atoms with van der Waals surface area (Å²) in [6, 6.07) is 17.1. The minimum Gasteiger partial charge on any atom is -0.497 e. The van der Waals surface area contributed by atoms with Crippen molar-refractivity contribution in [1.82, 2.24) is 10.2 Å². The van der Waals surface area contributed by atoms with E-state index in [4.69, 9.17) is 18.9 Å². The van der Waals surface area contributed by atoms with Gasteiger partial charge in [-0.05, 0) is 80.8 Å². The smallest absolute Gasteiger partial charge is 0.264 e. The minimum atomic E-state index is -4.33. The number of ether oxygens (including phenoxy) is 4. The maximum atomic E-state index is 14.3. The summed E-state index contributed by atoms with van der Waals surface area (Å²) in [5.41, 5.74) is 0.975. The van der Waals surface area contributed by atoms with Gasteiger partial charge >= 0.3 is 0 Å². The molecule has 1 N–H and O–H groups in total. The summed E-state index contributed by atoms with van der Waals surface area (Å²) >= 11 is 0. The van der Waals surface area contributed by atoms with Gasteiger partial charge in [-0.25, -0.2) is 8.42 Å². The van der Waals surface area contributed by atoms with Crippen molar-refractivity contribution in [3.63, 3.8) is 0 Å². The van der Waals surface area contributed by atoms with Crippen LogP contribution in [0.4, 0.5) is 5.69 Å². The standard InChI is InChI=1S/C35H45N3O8S/c1-6-46-29-17-15-28(16-18-29)38(47(41,42)31-19-20-32(44-4)33(22-31)45-5)24-34(39)37(23-26-11-10-14-30(21-26)43-3)25(2)35(40)36-27-12-8-7-9-13-27/h10-11,14-22,25,27H,6-9,12-13,23-24H2,1-5H3,(H,36,40). The molecule has 1 atom stereocenters. The van der Waals surface area contributed by atoms with E-state index in [1.807, 2.05) is 13.0 Å². The molecule has 12 heteroatoms. The molecule has 254 valence electrons. The average molecular weight is 668 g/mol. The normalized spacial score (nSPS) is 14.1. The first kappa shape index (κ1) is 35.4. The van der Waals surface area contributed by atoms with E-state index in [0.717, 1.165) is 42.0 Å². The summed E-state index contributed by atoms with van der Waals surface area (Å²) in [6.07, 6.45) is 4.99. The number of sulfonamides is 1. The molecular weight excluding hydrogens is 622 g/mol. The molecule has 0 radical (unpaired) electrons. The molecule has 0 bridgehead atoms. The second kappa shape index (κ2) is 16.4. The highest BCUT2D eigenvalue weighted by Gasteiger charge is 2.34. The van der Waals surface area contributed by atoms with Crippen molar-refractivity contribution in [2.75, 3.05) is 38.8 Å². The van der Waals surface area contributed by atoms with E-state index in [9.17, 15) is 18.0 Å². The summed E-state index contributed by atoms with van der Waals surface area (Å²) in [6.45, 7) is 3.44. The second-order valence-corrected chi connectivity index (χ2v) is 13.2. The zero-order valence-corrected chi connectivity index (χ0v) is 28.5. The van der Waals surface area contributed by atoms with E-state index in [1.165, 1.54) is 37.3 Å². The lowest BCUT2D eigenvalue weighted by molar-refractivity contribution is -0.139. The van der Waals surface area contributed by atoms with Gasteiger partial charge in [0.2, 0.25) is 11.8 Å². The van der Waals surface area contributed by atoms with E-state index in [-0.39, 0.29) is 34.8 Å². The molecule has 0 heterocycles. The van der Waals surface area contributed by atoms with Gasteiger partial charge in [-0.2, -0.15) is 0 Å². The number of benzene rings is 3. The molecule has 47 heavy (non-hydrogen) atoms. The van der Waals surface area contributed by atoms with Crippen LogP contribution in [0, 0.1) is 0 Å². The van der Waals surface area contributed by atoms with Crippen molar-refractivity contribution in [2.24, 2.45) is 0 Å². The van der Waals surface area contributed by atoms with Crippen LogP contribution in [0.3, 0.4) is 0 Å². The van der Waals surface area contributed by atoms with E-state index in [2.05, 4.69) is 5.32 Å². The molecule has 11 nitrogen and oxygen atoms in total. The average Bonchev–Trinajstić information content (AvgIpc) is 3.09. The van der Waals surface area contributed by atoms with Gasteiger partial charge in [0.1, 0.15) is 24.1 Å². The summed E-state index contributed by atoms with van der Waals surface area (Å²) in [5.74, 6) is 0.886. The summed E-state index contributed by atoms with van der Waals surface area (Å²) < 4.78 is 51.3. The maximum absolute atomic E-state index is 14.3. The number of carbonyl (C=O) groups is 2. The van der Waals surface area contributed by atoms with Gasteiger partial charge in [-0.15, -0.1) is 0 Å². The zero-order valence-electron chi connectivity index (χ0n) is 27.7. The Morgan fingerprint density at radius 1 is 0.872 bits per heavy atom. The predicted molar refractivity (Wildman–Crippen MR) is 180 cm³/mol. The predicted octanol–water partition coefficient (Wildman–Crippen LogP) is 5.17. The Kier molecular flexibility index (Phi) is 12.4. The fraction of sp³-hybridized carbons (Fsp3) is 0.429. The van der Waals surface area contributed by atoms with Gasteiger partial charge in [0.15, 0.2) is 11.5 Å². The van der Waals surface area contributed by atoms with Crippen molar-refractivity contribution < 1.29 is 37.0 Å². The summed E-state index contributed by atoms with van der Waals surface area (Å²) in [7, 11) is 0.0956. The molecule has 0 spiro atoms. The SMILES string of the molecule is CCOc1ccc(N(CC(=O)N(Cc2cccc(OC)c2)C(C)C(=O)NC2CCCCC2)S(=O)(=O)c2ccc(OC)c(OC)c2)cc1. The molecule has 1 aliphatic rings. The second-order valence-electron chi connectivity index (χ2n) is 11.3. The molecule has 1 unspecified atom stereocenters. The number of hydrogen-bond acceptors (Lipinski definition) is 8. The molecule has 3 aromatic rings. The molecule has 4 rings (SSSR count). The fourth-order valence-electron chi connectivity index (χ4n) is 5.63. The number of hydrogen-bond donors (Lipinski definition) is 1. The minimum absolute atomic E-state index is 0.0401. The Balaban J connectivity index is 1.72. The van der Waals surface area contributed by atoms with E-state index in [0.29, 0.717) is 23.9 Å². The Bertz CT molecular complexity index is 1610. The van der Waals surface area contributed by atoms with Crippen molar-refractivity contribution in [2.45, 2.75) is 69.5 Å². The fourth-order valence-corrected chi connectivity index (χ4v) is 7.06. The number of rotatable bonds is 15. The third-order valence-electron chi connectivity index (χ3n) is 8.26. The first-order valence-corrected chi connectivity index (χ1v) is 17.3. The molecule has 1 fully saturated rings. The molecule has 0 aliphatic heterocycles. The van der Waals surface area contributed by atoms with Crippen LogP contribution in [0.1, 0.15) is 51.5 Å². The molecule has 1 aliphatic carbocycles. The number of amides is 2. The van der Waals surface area contributed by atoms with Crippen LogP contribution in [0.15, 0.2) is 71.6 Å². The van der Waals surface area contributed by atoms with Crippen molar-refractivity contribution in [1.29, 1.82) is 0 Å². The molecule has 2 amide bonds. The monoisotopic (exact) mass is 667 g/mol. The topological polar surface area (TPSA) is 124 Å². The van der Waals surface area contributed by atoms with Crippen LogP contribution < -0.4 is 28.6 Å². The van der Waals surface area contributed by atoms with Crippen LogP contribution >= 0.6 is 0 Å². The largest absolute Gasteiger partial charge is 0.497 e. The Morgan fingerprint density at radius 2 is 1.57 bits per heavy atom. The molecule has 1 saturated carbocycles. The highest BCUT2D eigenvalue weighted by atomic mass is 32.2. The van der Waals surface area contributed by atoms with E-state index in [1.54, 1.807) is 56.5 Å². The van der Waals surface area contributed by atoms with Gasteiger partial charge in [0, 0.05) is 18.7 Å². The lowest BCUT2D eigenvalue weighted by Crippen LogP contribution is -2.53. The van der Waals surface area contributed by atoms with Crippen LogP contribution in [0.25, 0.3) is 0 Å². The molecule has 0 aromatic heterocycles. The van der Waals surface area contributed by atoms with Crippen LogP contribution in [0.5, 0.6) is 23.0 Å². The number of carbonyl (C=O) groups excluding carboxylic acids is 2. The van der Waals surface area contributed by atoms with E-state index < -0.39 is 28.5 Å². The quantitative estimate of drug-likeness (QED) is 0.236. The van der Waals surface area contributed by atoms with Crippen molar-refractivity contribution in [3.8, 4) is 23.0 Å². The first-order chi connectivity index (χ1) is 22.6. The molecule has 3 aromatic carbocycles. The highest BCUT2D eigenvalue weighted by molar-refractivity contribution is 7.92. The van der Waals surface area contributed by atoms with Gasteiger partial charge < -0.3 is 29.2 Å². The number of nitrogens with zero attached hydrogens (tertiary/aromatic N) is 2. The van der Waals surface area contributed by atoms with Crippen molar-refractivity contribution in [3.05, 3.63) is 72.3 Å². The number of anilines is 1. The lowest BCUT2D eigenvalue weighted by atomic mass is 9.95. The lowest BCUT2D eigenvalue weighted by Gasteiger charge is -2.33. The van der Waals surface area contributed by atoms with Gasteiger partial charge in [-0.1, -0.05) is 31.4 Å². The zero-order chi connectivity index (χ0) is 34.0. The van der Waals surface area contributed by atoms with Crippen LogP contribution in [0.2, 0.25) is 0 Å². The Hall–Kier alpha value is -4.45.